The van der Waals surface area contributed by atoms with Crippen LogP contribution in [0.25, 0.3) is 16.9 Å². The molecule has 1 aliphatic carbocycles. The van der Waals surface area contributed by atoms with Gasteiger partial charge in [0.15, 0.2) is 0 Å². The molecular formula is C22H21F3N4O2. The van der Waals surface area contributed by atoms with Crippen LogP contribution < -0.4 is 11.3 Å². The molecule has 2 aromatic heterocycles. The molecule has 4 rings (SSSR count). The summed E-state index contributed by atoms with van der Waals surface area (Å²) < 4.78 is 39.0. The van der Waals surface area contributed by atoms with Crippen molar-refractivity contribution >= 4 is 5.91 Å². The highest BCUT2D eigenvalue weighted by Crippen LogP contribution is 2.30. The molecule has 0 saturated heterocycles. The van der Waals surface area contributed by atoms with Crippen molar-refractivity contribution in [1.29, 1.82) is 0 Å². The fourth-order valence-electron chi connectivity index (χ4n) is 3.18. The van der Waals surface area contributed by atoms with Crippen molar-refractivity contribution < 1.29 is 18.0 Å². The lowest BCUT2D eigenvalue weighted by Crippen LogP contribution is -2.30. The SMILES string of the molecule is C1CCCC1.NC(=O)c1cc(-c2ccc(C(F)(F)F)cc2)nn(-c2cccnc2)c1=O. The number of alkyl halides is 3. The summed E-state index contributed by atoms with van der Waals surface area (Å²) in [6.07, 6.45) is 5.87. The summed E-state index contributed by atoms with van der Waals surface area (Å²) in [6.45, 7) is 0. The third-order valence-electron chi connectivity index (χ3n) is 4.83. The minimum atomic E-state index is -4.47. The zero-order valence-corrected chi connectivity index (χ0v) is 16.6. The van der Waals surface area contributed by atoms with Crippen LogP contribution in [-0.2, 0) is 6.18 Å². The molecule has 162 valence electrons. The van der Waals surface area contributed by atoms with Crippen molar-refractivity contribution in [3.63, 3.8) is 0 Å². The predicted molar refractivity (Wildman–Crippen MR) is 110 cm³/mol. The first-order chi connectivity index (χ1) is 14.8. The van der Waals surface area contributed by atoms with E-state index in [9.17, 15) is 22.8 Å². The van der Waals surface area contributed by atoms with Crippen molar-refractivity contribution in [2.75, 3.05) is 0 Å². The van der Waals surface area contributed by atoms with Crippen molar-refractivity contribution in [1.82, 2.24) is 14.8 Å². The summed E-state index contributed by atoms with van der Waals surface area (Å²) in [6, 6.07) is 8.45. The van der Waals surface area contributed by atoms with Gasteiger partial charge in [-0.3, -0.25) is 14.6 Å². The van der Waals surface area contributed by atoms with E-state index in [0.29, 0.717) is 0 Å². The van der Waals surface area contributed by atoms with Crippen LogP contribution in [0.3, 0.4) is 0 Å². The second-order valence-corrected chi connectivity index (χ2v) is 7.08. The molecule has 1 fully saturated rings. The number of aromatic nitrogens is 3. The summed E-state index contributed by atoms with van der Waals surface area (Å²) in [5.74, 6) is -0.969. The van der Waals surface area contributed by atoms with Crippen LogP contribution in [-0.4, -0.2) is 20.7 Å². The molecule has 0 radical (unpaired) electrons. The van der Waals surface area contributed by atoms with Gasteiger partial charge in [0.05, 0.1) is 23.1 Å². The third-order valence-corrected chi connectivity index (χ3v) is 4.83. The second kappa shape index (κ2) is 9.55. The van der Waals surface area contributed by atoms with Gasteiger partial charge < -0.3 is 5.73 Å². The van der Waals surface area contributed by atoms with Gasteiger partial charge in [0.25, 0.3) is 11.5 Å². The van der Waals surface area contributed by atoms with Gasteiger partial charge in [-0.2, -0.15) is 23.0 Å². The highest BCUT2D eigenvalue weighted by atomic mass is 19.4. The summed E-state index contributed by atoms with van der Waals surface area (Å²) in [7, 11) is 0. The average Bonchev–Trinajstić information content (AvgIpc) is 3.34. The Morgan fingerprint density at radius 2 is 1.61 bits per heavy atom. The molecule has 2 heterocycles. The van der Waals surface area contributed by atoms with Crippen molar-refractivity contribution in [3.05, 3.63) is 76.3 Å². The van der Waals surface area contributed by atoms with E-state index < -0.39 is 23.2 Å². The molecule has 0 spiro atoms. The van der Waals surface area contributed by atoms with Gasteiger partial charge in [-0.15, -0.1) is 0 Å². The van der Waals surface area contributed by atoms with E-state index >= 15 is 0 Å². The Balaban J connectivity index is 0.000000478. The number of pyridine rings is 1. The van der Waals surface area contributed by atoms with Crippen LogP contribution in [0.5, 0.6) is 0 Å². The Hall–Kier alpha value is -3.49. The minimum absolute atomic E-state index is 0.121. The normalized spacial score (nSPS) is 13.4. The van der Waals surface area contributed by atoms with Gasteiger partial charge in [-0.25, -0.2) is 0 Å². The van der Waals surface area contributed by atoms with Gasteiger partial charge in [0.1, 0.15) is 5.56 Å². The summed E-state index contributed by atoms with van der Waals surface area (Å²) >= 11 is 0. The third kappa shape index (κ3) is 5.56. The first kappa shape index (κ1) is 22.2. The van der Waals surface area contributed by atoms with E-state index in [0.717, 1.165) is 22.9 Å². The number of rotatable bonds is 3. The molecule has 6 nitrogen and oxygen atoms in total. The molecule has 0 aliphatic heterocycles. The Labute approximate surface area is 176 Å². The maximum atomic E-state index is 12.7. The van der Waals surface area contributed by atoms with Crippen LogP contribution in [0, 0.1) is 0 Å². The van der Waals surface area contributed by atoms with Crippen LogP contribution in [0.4, 0.5) is 13.2 Å². The lowest BCUT2D eigenvalue weighted by molar-refractivity contribution is -0.137. The molecule has 0 atom stereocenters. The molecular weight excluding hydrogens is 409 g/mol. The molecule has 3 aromatic rings. The molecule has 1 aromatic carbocycles. The Kier molecular flexibility index (Phi) is 6.84. The van der Waals surface area contributed by atoms with Gasteiger partial charge in [-0.1, -0.05) is 44.2 Å². The number of benzene rings is 1. The molecule has 31 heavy (non-hydrogen) atoms. The lowest BCUT2D eigenvalue weighted by atomic mass is 10.1. The molecule has 0 unspecified atom stereocenters. The zero-order valence-electron chi connectivity index (χ0n) is 16.6. The second-order valence-electron chi connectivity index (χ2n) is 7.08. The molecule has 0 bridgehead atoms. The van der Waals surface area contributed by atoms with Gasteiger partial charge >= 0.3 is 6.18 Å². The summed E-state index contributed by atoms with van der Waals surface area (Å²) in [4.78, 5) is 27.9. The highest BCUT2D eigenvalue weighted by molar-refractivity contribution is 5.93. The van der Waals surface area contributed by atoms with E-state index in [-0.39, 0.29) is 22.5 Å². The van der Waals surface area contributed by atoms with E-state index in [1.165, 1.54) is 56.6 Å². The Morgan fingerprint density at radius 3 is 2.10 bits per heavy atom. The lowest BCUT2D eigenvalue weighted by Gasteiger charge is -2.10. The number of carbonyl (C=O) groups is 1. The number of carbonyl (C=O) groups excluding carboxylic acids is 1. The number of nitrogens with zero attached hydrogens (tertiary/aromatic N) is 3. The predicted octanol–water partition coefficient (Wildman–Crippen LogP) is 4.36. The quantitative estimate of drug-likeness (QED) is 0.668. The van der Waals surface area contributed by atoms with Crippen molar-refractivity contribution in [2.45, 2.75) is 38.3 Å². The maximum Gasteiger partial charge on any atom is 0.416 e. The Morgan fingerprint density at radius 1 is 1.00 bits per heavy atom. The molecule has 1 amide bonds. The van der Waals surface area contributed by atoms with Gasteiger partial charge in [0.2, 0.25) is 0 Å². The van der Waals surface area contributed by atoms with Gasteiger partial charge in [0, 0.05) is 11.8 Å². The van der Waals surface area contributed by atoms with E-state index in [4.69, 9.17) is 5.73 Å². The number of hydrogen-bond donors (Lipinski definition) is 1. The maximum absolute atomic E-state index is 12.7. The molecule has 1 saturated carbocycles. The van der Waals surface area contributed by atoms with Crippen molar-refractivity contribution in [3.8, 4) is 16.9 Å². The monoisotopic (exact) mass is 430 g/mol. The fraction of sp³-hybridized carbons (Fsp3) is 0.273. The van der Waals surface area contributed by atoms with Crippen molar-refractivity contribution in [2.24, 2.45) is 5.73 Å². The number of halogens is 3. The molecule has 9 heteroatoms. The topological polar surface area (TPSA) is 90.9 Å². The smallest absolute Gasteiger partial charge is 0.365 e. The summed E-state index contributed by atoms with van der Waals surface area (Å²) in [5.41, 5.74) is 4.04. The molecule has 2 N–H and O–H groups in total. The summed E-state index contributed by atoms with van der Waals surface area (Å²) in [5, 5.41) is 4.12. The van der Waals surface area contributed by atoms with E-state index in [1.807, 2.05) is 0 Å². The number of amides is 1. The largest absolute Gasteiger partial charge is 0.416 e. The highest BCUT2D eigenvalue weighted by Gasteiger charge is 2.30. The van der Waals surface area contributed by atoms with Crippen LogP contribution in [0.2, 0.25) is 0 Å². The standard InChI is InChI=1S/C17H11F3N4O2.C5H10/c18-17(19,20)11-5-3-10(4-6-11)14-8-13(15(21)25)16(26)24(23-14)12-2-1-7-22-9-12;1-2-4-5-3-1/h1-9H,(H2,21,25);1-5H2. The van der Waals surface area contributed by atoms with Crippen LogP contribution >= 0.6 is 0 Å². The molecule has 1 aliphatic rings. The van der Waals surface area contributed by atoms with E-state index in [2.05, 4.69) is 10.1 Å². The average molecular weight is 430 g/mol. The first-order valence-electron chi connectivity index (χ1n) is 9.79. The minimum Gasteiger partial charge on any atom is -0.365 e. The van der Waals surface area contributed by atoms with Crippen LogP contribution in [0.15, 0.2) is 59.7 Å². The number of primary amides is 1. The fourth-order valence-corrected chi connectivity index (χ4v) is 3.18. The zero-order chi connectivity index (χ0) is 22.4. The number of hydrogen-bond acceptors (Lipinski definition) is 4. The van der Waals surface area contributed by atoms with Gasteiger partial charge in [-0.05, 0) is 30.3 Å². The number of nitrogens with two attached hydrogens (primary N) is 1. The Bertz CT molecular complexity index is 1080. The first-order valence-corrected chi connectivity index (χ1v) is 9.79. The van der Waals surface area contributed by atoms with E-state index in [1.54, 1.807) is 12.1 Å². The van der Waals surface area contributed by atoms with Crippen LogP contribution in [0.1, 0.15) is 48.0 Å².